The smallest absolute Gasteiger partial charge is 0.237 e. The van der Waals surface area contributed by atoms with Crippen LogP contribution < -0.4 is 20.3 Å². The van der Waals surface area contributed by atoms with E-state index in [1.54, 1.807) is 18.3 Å². The molecule has 32 heavy (non-hydrogen) atoms. The first-order valence-electron chi connectivity index (χ1n) is 11.2. The lowest BCUT2D eigenvalue weighted by atomic mass is 9.92. The molecule has 0 saturated carbocycles. The third-order valence-corrected chi connectivity index (χ3v) is 6.46. The third-order valence-electron chi connectivity index (χ3n) is 6.46. The molecule has 0 aliphatic carbocycles. The summed E-state index contributed by atoms with van der Waals surface area (Å²) >= 11 is 0. The largest absolute Gasteiger partial charge is 0.437 e. The number of benzene rings is 1. The van der Waals surface area contributed by atoms with Gasteiger partial charge in [0.25, 0.3) is 0 Å². The monoisotopic (exact) mass is 430 g/mol. The zero-order valence-electron chi connectivity index (χ0n) is 18.7. The number of allylic oxidation sites excluding steroid dienone is 1. The Bertz CT molecular complexity index is 1050. The van der Waals surface area contributed by atoms with Crippen molar-refractivity contribution in [3.63, 3.8) is 0 Å². The van der Waals surface area contributed by atoms with Gasteiger partial charge in [0.15, 0.2) is 0 Å². The average Bonchev–Trinajstić information content (AvgIpc) is 2.83. The molecule has 0 bridgehead atoms. The number of nitriles is 1. The highest BCUT2D eigenvalue weighted by molar-refractivity contribution is 6.09. The number of hydrogen-bond acceptors (Lipinski definition) is 7. The van der Waals surface area contributed by atoms with Crippen molar-refractivity contribution in [1.82, 2.24) is 15.6 Å². The fourth-order valence-electron chi connectivity index (χ4n) is 4.36. The second-order valence-corrected chi connectivity index (χ2v) is 8.44. The fourth-order valence-corrected chi connectivity index (χ4v) is 4.36. The van der Waals surface area contributed by atoms with Gasteiger partial charge in [-0.2, -0.15) is 5.26 Å². The van der Waals surface area contributed by atoms with Crippen LogP contribution in [0, 0.1) is 16.7 Å². The van der Waals surface area contributed by atoms with Crippen LogP contribution in [-0.2, 0) is 6.42 Å². The van der Waals surface area contributed by atoms with Crippen molar-refractivity contribution in [1.29, 1.82) is 10.7 Å². The van der Waals surface area contributed by atoms with E-state index in [0.717, 1.165) is 61.2 Å². The Hall–Kier alpha value is -3.37. The molecule has 0 amide bonds. The van der Waals surface area contributed by atoms with E-state index in [4.69, 9.17) is 10.1 Å². The lowest BCUT2D eigenvalue weighted by Gasteiger charge is -2.35. The summed E-state index contributed by atoms with van der Waals surface area (Å²) < 4.78 is 6.35. The predicted octanol–water partition coefficient (Wildman–Crippen LogP) is 3.85. The van der Waals surface area contributed by atoms with E-state index in [1.807, 2.05) is 12.3 Å². The molecule has 0 spiro atoms. The standard InChI is InChI=1S/C25H30N6O/c1-17-5-6-22-23(31(17)2)8-7-21(19(15-27)16-30-20-9-12-28-13-10-20)24(22)32-25-18(14-26)4-3-11-29-25/h3-4,7-8,11,15-17,20,27-28,30H,5-6,9-10,12-13H2,1-2H3/b19-16+,27-15?. The summed E-state index contributed by atoms with van der Waals surface area (Å²) in [5.74, 6) is 0.972. The van der Waals surface area contributed by atoms with Gasteiger partial charge in [-0.3, -0.25) is 0 Å². The molecule has 3 heterocycles. The molecule has 1 aromatic heterocycles. The number of piperidine rings is 1. The zero-order valence-corrected chi connectivity index (χ0v) is 18.7. The molecule has 7 nitrogen and oxygen atoms in total. The Morgan fingerprint density at radius 1 is 1.31 bits per heavy atom. The molecule has 1 saturated heterocycles. The van der Waals surface area contributed by atoms with Crippen molar-refractivity contribution < 1.29 is 4.74 Å². The highest BCUT2D eigenvalue weighted by Gasteiger charge is 2.26. The van der Waals surface area contributed by atoms with E-state index in [2.05, 4.69) is 46.6 Å². The summed E-state index contributed by atoms with van der Waals surface area (Å²) in [6, 6.07) is 10.6. The van der Waals surface area contributed by atoms with Crippen LogP contribution in [0.2, 0.25) is 0 Å². The van der Waals surface area contributed by atoms with Gasteiger partial charge in [-0.1, -0.05) is 0 Å². The van der Waals surface area contributed by atoms with E-state index in [0.29, 0.717) is 29.3 Å². The molecular formula is C25H30N6O. The number of nitrogens with one attached hydrogen (secondary N) is 3. The van der Waals surface area contributed by atoms with Crippen molar-refractivity contribution in [2.45, 2.75) is 44.7 Å². The summed E-state index contributed by atoms with van der Waals surface area (Å²) in [6.45, 7) is 4.22. The SMILES string of the molecule is CC1CCc2c(ccc(/C(C=N)=C/NC3CCNCC3)c2Oc2ncccc2C#N)N1C. The van der Waals surface area contributed by atoms with Gasteiger partial charge in [0.2, 0.25) is 5.88 Å². The van der Waals surface area contributed by atoms with Gasteiger partial charge in [-0.15, -0.1) is 0 Å². The maximum Gasteiger partial charge on any atom is 0.237 e. The van der Waals surface area contributed by atoms with Crippen molar-refractivity contribution in [2.75, 3.05) is 25.0 Å². The van der Waals surface area contributed by atoms with Crippen LogP contribution >= 0.6 is 0 Å². The molecule has 166 valence electrons. The summed E-state index contributed by atoms with van der Waals surface area (Å²) in [4.78, 5) is 6.58. The van der Waals surface area contributed by atoms with Crippen molar-refractivity contribution in [3.8, 4) is 17.7 Å². The Morgan fingerprint density at radius 3 is 2.88 bits per heavy atom. The summed E-state index contributed by atoms with van der Waals surface area (Å²) in [6.07, 6.45) is 8.90. The van der Waals surface area contributed by atoms with E-state index in [9.17, 15) is 5.26 Å². The lowest BCUT2D eigenvalue weighted by molar-refractivity contribution is 0.420. The summed E-state index contributed by atoms with van der Waals surface area (Å²) in [5, 5.41) is 24.5. The average molecular weight is 431 g/mol. The minimum absolute atomic E-state index is 0.293. The van der Waals surface area contributed by atoms with Gasteiger partial charge in [-0.25, -0.2) is 4.98 Å². The number of fused-ring (bicyclic) bond motifs is 1. The molecule has 4 rings (SSSR count). The first-order chi connectivity index (χ1) is 15.6. The normalized spacial score (nSPS) is 19.1. The second-order valence-electron chi connectivity index (χ2n) is 8.44. The minimum atomic E-state index is 0.293. The van der Waals surface area contributed by atoms with Gasteiger partial charge < -0.3 is 25.7 Å². The number of anilines is 1. The molecular weight excluding hydrogens is 400 g/mol. The first kappa shape index (κ1) is 21.8. The second kappa shape index (κ2) is 9.84. The van der Waals surface area contributed by atoms with Crippen LogP contribution in [0.1, 0.15) is 42.9 Å². The lowest BCUT2D eigenvalue weighted by Crippen LogP contribution is -2.37. The Morgan fingerprint density at radius 2 is 2.12 bits per heavy atom. The number of nitrogens with zero attached hydrogens (tertiary/aromatic N) is 3. The van der Waals surface area contributed by atoms with E-state index in [-0.39, 0.29) is 0 Å². The van der Waals surface area contributed by atoms with Crippen LogP contribution in [0.15, 0.2) is 36.7 Å². The van der Waals surface area contributed by atoms with Crippen LogP contribution in [-0.4, -0.2) is 43.4 Å². The van der Waals surface area contributed by atoms with Crippen molar-refractivity contribution in [2.24, 2.45) is 0 Å². The van der Waals surface area contributed by atoms with Crippen LogP contribution in [0.5, 0.6) is 11.6 Å². The molecule has 1 fully saturated rings. The third kappa shape index (κ3) is 4.46. The van der Waals surface area contributed by atoms with Gasteiger partial charge >= 0.3 is 0 Å². The van der Waals surface area contributed by atoms with E-state index >= 15 is 0 Å². The van der Waals surface area contributed by atoms with E-state index < -0.39 is 0 Å². The molecule has 1 unspecified atom stereocenters. The molecule has 1 atom stereocenters. The maximum atomic E-state index is 9.52. The minimum Gasteiger partial charge on any atom is -0.437 e. The topological polar surface area (TPSA) is 97.1 Å². The Kier molecular flexibility index (Phi) is 6.72. The fraction of sp³-hybridized carbons (Fsp3) is 0.400. The molecule has 1 aromatic carbocycles. The van der Waals surface area contributed by atoms with Crippen molar-refractivity contribution in [3.05, 3.63) is 53.4 Å². The maximum absolute atomic E-state index is 9.52. The molecule has 2 aromatic rings. The van der Waals surface area contributed by atoms with Crippen LogP contribution in [0.25, 0.3) is 5.57 Å². The predicted molar refractivity (Wildman–Crippen MR) is 127 cm³/mol. The van der Waals surface area contributed by atoms with Gasteiger partial charge in [0.1, 0.15) is 17.4 Å². The highest BCUT2D eigenvalue weighted by Crippen LogP contribution is 2.42. The molecule has 7 heteroatoms. The Labute approximate surface area is 189 Å². The number of ether oxygens (including phenoxy) is 1. The number of aromatic nitrogens is 1. The molecule has 2 aliphatic rings. The number of pyridine rings is 1. The first-order valence-corrected chi connectivity index (χ1v) is 11.2. The van der Waals surface area contributed by atoms with Crippen LogP contribution in [0.3, 0.4) is 0 Å². The number of rotatable bonds is 6. The van der Waals surface area contributed by atoms with E-state index in [1.165, 1.54) is 6.21 Å². The number of hydrogen-bond donors (Lipinski definition) is 3. The summed E-state index contributed by atoms with van der Waals surface area (Å²) in [7, 11) is 2.10. The van der Waals surface area contributed by atoms with Gasteiger partial charge in [-0.05, 0) is 70.0 Å². The van der Waals surface area contributed by atoms with Crippen LogP contribution in [0.4, 0.5) is 5.69 Å². The van der Waals surface area contributed by atoms with Gasteiger partial charge in [0.05, 0.1) is 0 Å². The highest BCUT2D eigenvalue weighted by atomic mass is 16.5. The molecule has 0 radical (unpaired) electrons. The van der Waals surface area contributed by atoms with Gasteiger partial charge in [0, 0.05) is 60.1 Å². The zero-order chi connectivity index (χ0) is 22.5. The molecule has 3 N–H and O–H groups in total. The quantitative estimate of drug-likeness (QED) is 0.603. The summed E-state index contributed by atoms with van der Waals surface area (Å²) in [5.41, 5.74) is 4.18. The Balaban J connectivity index is 1.77. The molecule has 2 aliphatic heterocycles. The van der Waals surface area contributed by atoms with Crippen molar-refractivity contribution >= 4 is 17.5 Å².